The van der Waals surface area contributed by atoms with E-state index in [2.05, 4.69) is 10.5 Å². The van der Waals surface area contributed by atoms with Crippen LogP contribution in [0.2, 0.25) is 0 Å². The Bertz CT molecular complexity index is 561. The molecule has 0 aliphatic heterocycles. The minimum Gasteiger partial charge on any atom is -0.360 e. The van der Waals surface area contributed by atoms with Gasteiger partial charge in [-0.15, -0.1) is 0 Å². The van der Waals surface area contributed by atoms with E-state index in [1.165, 1.54) is 6.07 Å². The number of aryl methyl sites for hydroxylation is 1. The summed E-state index contributed by atoms with van der Waals surface area (Å²) in [5.41, 5.74) is 1.74. The lowest BCUT2D eigenvalue weighted by Crippen LogP contribution is -2.39. The zero-order valence-electron chi connectivity index (χ0n) is 10.9. The zero-order valence-corrected chi connectivity index (χ0v) is 10.9. The molecular formula is C15H17FN2O. The second-order valence-electron chi connectivity index (χ2n) is 5.20. The molecule has 3 rings (SSSR count). The van der Waals surface area contributed by atoms with Gasteiger partial charge in [-0.05, 0) is 37.3 Å². The highest BCUT2D eigenvalue weighted by Crippen LogP contribution is 2.38. The first-order chi connectivity index (χ1) is 9.22. The number of hydrogen-bond acceptors (Lipinski definition) is 3. The monoisotopic (exact) mass is 260 g/mol. The van der Waals surface area contributed by atoms with Crippen molar-refractivity contribution in [2.75, 3.05) is 0 Å². The standard InChI is InChI=1S/C15H17FN2O/c1-10-6-13(19-18-10)9-17-12-7-11(8-12)14-4-2-3-5-15(14)16/h2-6,11-12,17H,7-9H2,1H3. The topological polar surface area (TPSA) is 38.1 Å². The van der Waals surface area contributed by atoms with Gasteiger partial charge in [0.15, 0.2) is 5.76 Å². The van der Waals surface area contributed by atoms with Crippen LogP contribution in [-0.2, 0) is 6.54 Å². The molecule has 0 bridgehead atoms. The van der Waals surface area contributed by atoms with E-state index in [4.69, 9.17) is 4.52 Å². The molecule has 1 aromatic carbocycles. The maximum Gasteiger partial charge on any atom is 0.150 e. The van der Waals surface area contributed by atoms with Crippen LogP contribution < -0.4 is 5.32 Å². The summed E-state index contributed by atoms with van der Waals surface area (Å²) in [7, 11) is 0. The van der Waals surface area contributed by atoms with Crippen molar-refractivity contribution in [2.45, 2.75) is 38.3 Å². The van der Waals surface area contributed by atoms with Crippen LogP contribution >= 0.6 is 0 Å². The van der Waals surface area contributed by atoms with Gasteiger partial charge in [0.2, 0.25) is 0 Å². The van der Waals surface area contributed by atoms with E-state index in [1.54, 1.807) is 6.07 Å². The van der Waals surface area contributed by atoms with Crippen LogP contribution in [0.25, 0.3) is 0 Å². The van der Waals surface area contributed by atoms with Crippen LogP contribution in [0.3, 0.4) is 0 Å². The van der Waals surface area contributed by atoms with E-state index in [-0.39, 0.29) is 5.82 Å². The van der Waals surface area contributed by atoms with Crippen LogP contribution in [0.15, 0.2) is 34.9 Å². The van der Waals surface area contributed by atoms with Gasteiger partial charge in [-0.1, -0.05) is 23.4 Å². The Hall–Kier alpha value is -1.68. The van der Waals surface area contributed by atoms with Crippen LogP contribution in [0.4, 0.5) is 4.39 Å². The lowest BCUT2D eigenvalue weighted by atomic mass is 9.75. The fourth-order valence-corrected chi connectivity index (χ4v) is 2.59. The van der Waals surface area contributed by atoms with Crippen molar-refractivity contribution < 1.29 is 8.91 Å². The number of aromatic nitrogens is 1. The van der Waals surface area contributed by atoms with Crippen LogP contribution in [0.1, 0.15) is 35.8 Å². The molecule has 0 radical (unpaired) electrons. The molecule has 1 fully saturated rings. The summed E-state index contributed by atoms with van der Waals surface area (Å²) in [5.74, 6) is 1.11. The van der Waals surface area contributed by atoms with Gasteiger partial charge in [-0.3, -0.25) is 0 Å². The number of nitrogens with zero attached hydrogens (tertiary/aromatic N) is 1. The summed E-state index contributed by atoms with van der Waals surface area (Å²) in [6.07, 6.45) is 1.96. The molecule has 0 amide bonds. The zero-order chi connectivity index (χ0) is 13.2. The third-order valence-electron chi connectivity index (χ3n) is 3.72. The first kappa shape index (κ1) is 12.4. The van der Waals surface area contributed by atoms with Gasteiger partial charge in [-0.25, -0.2) is 4.39 Å². The van der Waals surface area contributed by atoms with Crippen LogP contribution in [0, 0.1) is 12.7 Å². The van der Waals surface area contributed by atoms with Crippen molar-refractivity contribution in [1.82, 2.24) is 10.5 Å². The van der Waals surface area contributed by atoms with Crippen molar-refractivity contribution in [3.05, 3.63) is 53.2 Å². The molecule has 3 nitrogen and oxygen atoms in total. The first-order valence-electron chi connectivity index (χ1n) is 6.62. The minimum atomic E-state index is -0.0863. The molecular weight excluding hydrogens is 243 g/mol. The Morgan fingerprint density at radius 3 is 2.84 bits per heavy atom. The predicted octanol–water partition coefficient (Wildman–Crippen LogP) is 3.16. The number of halogens is 1. The molecule has 1 aliphatic carbocycles. The van der Waals surface area contributed by atoms with E-state index in [0.717, 1.165) is 29.9 Å². The predicted molar refractivity (Wildman–Crippen MR) is 70.2 cm³/mol. The normalized spacial score (nSPS) is 22.2. The second kappa shape index (κ2) is 5.13. The van der Waals surface area contributed by atoms with Crippen molar-refractivity contribution >= 4 is 0 Å². The van der Waals surface area contributed by atoms with E-state index in [0.29, 0.717) is 18.5 Å². The lowest BCUT2D eigenvalue weighted by molar-refractivity contribution is 0.269. The smallest absolute Gasteiger partial charge is 0.150 e. The van der Waals surface area contributed by atoms with Crippen LogP contribution in [-0.4, -0.2) is 11.2 Å². The van der Waals surface area contributed by atoms with Crippen LogP contribution in [0.5, 0.6) is 0 Å². The highest BCUT2D eigenvalue weighted by molar-refractivity contribution is 5.24. The van der Waals surface area contributed by atoms with Gasteiger partial charge in [0.1, 0.15) is 5.82 Å². The van der Waals surface area contributed by atoms with Crippen molar-refractivity contribution in [2.24, 2.45) is 0 Å². The van der Waals surface area contributed by atoms with Gasteiger partial charge < -0.3 is 9.84 Å². The Kier molecular flexibility index (Phi) is 3.34. The molecule has 100 valence electrons. The number of hydrogen-bond donors (Lipinski definition) is 1. The van der Waals surface area contributed by atoms with Gasteiger partial charge in [0.25, 0.3) is 0 Å². The molecule has 0 unspecified atom stereocenters. The van der Waals surface area contributed by atoms with Crippen molar-refractivity contribution in [3.8, 4) is 0 Å². The molecule has 0 spiro atoms. The molecule has 0 atom stereocenters. The average Bonchev–Trinajstić information content (AvgIpc) is 2.75. The molecule has 4 heteroatoms. The van der Waals surface area contributed by atoms with Gasteiger partial charge in [-0.2, -0.15) is 0 Å². The first-order valence-corrected chi connectivity index (χ1v) is 6.62. The molecule has 0 saturated heterocycles. The summed E-state index contributed by atoms with van der Waals surface area (Å²) >= 11 is 0. The molecule has 2 aromatic rings. The maximum atomic E-state index is 13.6. The summed E-state index contributed by atoms with van der Waals surface area (Å²) in [6.45, 7) is 2.60. The van der Waals surface area contributed by atoms with Crippen molar-refractivity contribution in [3.63, 3.8) is 0 Å². The maximum absolute atomic E-state index is 13.6. The van der Waals surface area contributed by atoms with E-state index in [1.807, 2.05) is 25.1 Å². The third-order valence-corrected chi connectivity index (χ3v) is 3.72. The molecule has 1 N–H and O–H groups in total. The van der Waals surface area contributed by atoms with E-state index >= 15 is 0 Å². The Morgan fingerprint density at radius 1 is 1.37 bits per heavy atom. The Balaban J connectivity index is 1.49. The largest absolute Gasteiger partial charge is 0.360 e. The van der Waals surface area contributed by atoms with Gasteiger partial charge in [0, 0.05) is 12.1 Å². The fraction of sp³-hybridized carbons (Fsp3) is 0.400. The summed E-state index contributed by atoms with van der Waals surface area (Å²) in [5, 5.41) is 7.26. The molecule has 1 aliphatic rings. The van der Waals surface area contributed by atoms with E-state index in [9.17, 15) is 4.39 Å². The average molecular weight is 260 g/mol. The third kappa shape index (κ3) is 2.68. The summed E-state index contributed by atoms with van der Waals surface area (Å²) < 4.78 is 18.7. The van der Waals surface area contributed by atoms with Gasteiger partial charge >= 0.3 is 0 Å². The number of nitrogens with one attached hydrogen (secondary N) is 1. The highest BCUT2D eigenvalue weighted by atomic mass is 19.1. The number of rotatable bonds is 4. The Morgan fingerprint density at radius 2 is 2.16 bits per heavy atom. The molecule has 1 saturated carbocycles. The number of benzene rings is 1. The van der Waals surface area contributed by atoms with Gasteiger partial charge in [0.05, 0.1) is 12.2 Å². The quantitative estimate of drug-likeness (QED) is 0.917. The second-order valence-corrected chi connectivity index (χ2v) is 5.20. The summed E-state index contributed by atoms with van der Waals surface area (Å²) in [4.78, 5) is 0. The van der Waals surface area contributed by atoms with E-state index < -0.39 is 0 Å². The molecule has 1 aromatic heterocycles. The SMILES string of the molecule is Cc1cc(CNC2CC(c3ccccc3F)C2)on1. The minimum absolute atomic E-state index is 0.0863. The fourth-order valence-electron chi connectivity index (χ4n) is 2.59. The van der Waals surface area contributed by atoms with Crippen molar-refractivity contribution in [1.29, 1.82) is 0 Å². The summed E-state index contributed by atoms with van der Waals surface area (Å²) in [6, 6.07) is 9.43. The molecule has 19 heavy (non-hydrogen) atoms. The lowest BCUT2D eigenvalue weighted by Gasteiger charge is -2.36. The molecule has 1 heterocycles. The highest BCUT2D eigenvalue weighted by Gasteiger charge is 2.31. The Labute approximate surface area is 111 Å².